The van der Waals surface area contributed by atoms with Gasteiger partial charge in [0, 0.05) is 42.6 Å². The molecular formula is C22H23ClN4O4S. The molecular weight excluding hydrogens is 452 g/mol. The zero-order valence-electron chi connectivity index (χ0n) is 17.7. The average Bonchev–Trinajstić information content (AvgIpc) is 3.41. The minimum atomic E-state index is -0.399. The molecule has 32 heavy (non-hydrogen) atoms. The van der Waals surface area contributed by atoms with E-state index in [2.05, 4.69) is 15.5 Å². The van der Waals surface area contributed by atoms with E-state index < -0.39 is 5.25 Å². The molecule has 1 aromatic heterocycles. The minimum absolute atomic E-state index is 0.145. The topological polar surface area (TPSA) is 87.5 Å². The summed E-state index contributed by atoms with van der Waals surface area (Å²) >= 11 is 7.38. The Balaban J connectivity index is 1.49. The van der Waals surface area contributed by atoms with Crippen LogP contribution in [0.5, 0.6) is 11.5 Å². The number of nitrogens with one attached hydrogen (secondary N) is 1. The van der Waals surface area contributed by atoms with Crippen molar-refractivity contribution in [2.45, 2.75) is 30.3 Å². The molecule has 0 aliphatic carbocycles. The second-order valence-electron chi connectivity index (χ2n) is 7.13. The van der Waals surface area contributed by atoms with E-state index in [-0.39, 0.29) is 12.7 Å². The van der Waals surface area contributed by atoms with E-state index in [4.69, 9.17) is 25.8 Å². The van der Waals surface area contributed by atoms with Gasteiger partial charge in [0.15, 0.2) is 22.5 Å². The van der Waals surface area contributed by atoms with Crippen LogP contribution in [-0.2, 0) is 16.1 Å². The van der Waals surface area contributed by atoms with Crippen molar-refractivity contribution in [3.05, 3.63) is 47.5 Å². The summed E-state index contributed by atoms with van der Waals surface area (Å²) in [7, 11) is 1.67. The van der Waals surface area contributed by atoms with E-state index in [0.29, 0.717) is 40.5 Å². The van der Waals surface area contributed by atoms with Gasteiger partial charge in [0.25, 0.3) is 0 Å². The number of carbonyl (C=O) groups excluding carboxylic acids is 1. The third-order valence-electron chi connectivity index (χ3n) is 4.84. The van der Waals surface area contributed by atoms with Crippen LogP contribution in [0.1, 0.15) is 13.3 Å². The van der Waals surface area contributed by atoms with Gasteiger partial charge in [-0.05, 0) is 49.7 Å². The van der Waals surface area contributed by atoms with Gasteiger partial charge in [-0.1, -0.05) is 23.4 Å². The number of fused-ring (bicyclic) bond motifs is 1. The molecule has 1 N–H and O–H groups in total. The summed E-state index contributed by atoms with van der Waals surface area (Å²) in [6, 6.07) is 12.8. The molecule has 8 nitrogen and oxygen atoms in total. The molecule has 1 atom stereocenters. The molecule has 0 saturated heterocycles. The molecule has 0 spiro atoms. The summed E-state index contributed by atoms with van der Waals surface area (Å²) in [6.45, 7) is 3.30. The van der Waals surface area contributed by atoms with E-state index in [1.807, 2.05) is 35.8 Å². The fourth-order valence-electron chi connectivity index (χ4n) is 3.19. The molecule has 0 fully saturated rings. The zero-order valence-corrected chi connectivity index (χ0v) is 19.3. The predicted octanol–water partition coefficient (Wildman–Crippen LogP) is 4.48. The number of benzene rings is 2. The first-order chi connectivity index (χ1) is 15.5. The molecule has 0 saturated carbocycles. The standard InChI is InChI=1S/C22H23ClN4O4S/c1-14(21(28)24-17-8-9-18-19(12-17)31-13-30-18)32-22-26-25-20(27(22)10-3-11-29-2)15-4-6-16(23)7-5-15/h4-9,12,14H,3,10-11,13H2,1-2H3,(H,24,28). The lowest BCUT2D eigenvalue weighted by Gasteiger charge is -2.14. The number of amides is 1. The Labute approximate surface area is 195 Å². The second-order valence-corrected chi connectivity index (χ2v) is 8.87. The lowest BCUT2D eigenvalue weighted by atomic mass is 10.2. The number of hydrogen-bond donors (Lipinski definition) is 1. The van der Waals surface area contributed by atoms with Crippen molar-refractivity contribution in [3.8, 4) is 22.9 Å². The van der Waals surface area contributed by atoms with Gasteiger partial charge in [0.05, 0.1) is 5.25 Å². The number of aromatic nitrogens is 3. The highest BCUT2D eigenvalue weighted by atomic mass is 35.5. The molecule has 1 amide bonds. The summed E-state index contributed by atoms with van der Waals surface area (Å²) in [4.78, 5) is 12.8. The van der Waals surface area contributed by atoms with E-state index in [0.717, 1.165) is 17.8 Å². The van der Waals surface area contributed by atoms with Crippen molar-refractivity contribution < 1.29 is 19.0 Å². The Hall–Kier alpha value is -2.75. The number of nitrogens with zero attached hydrogens (tertiary/aromatic N) is 3. The molecule has 1 unspecified atom stereocenters. The molecule has 0 radical (unpaired) electrons. The molecule has 3 aromatic rings. The largest absolute Gasteiger partial charge is 0.454 e. The summed E-state index contributed by atoms with van der Waals surface area (Å²) < 4.78 is 17.9. The fraction of sp³-hybridized carbons (Fsp3) is 0.318. The Morgan fingerprint density at radius 2 is 2.00 bits per heavy atom. The predicted molar refractivity (Wildman–Crippen MR) is 123 cm³/mol. The van der Waals surface area contributed by atoms with Crippen LogP contribution in [0.15, 0.2) is 47.6 Å². The first-order valence-corrected chi connectivity index (χ1v) is 11.4. The maximum absolute atomic E-state index is 12.8. The van der Waals surface area contributed by atoms with E-state index in [1.165, 1.54) is 11.8 Å². The number of carbonyl (C=O) groups is 1. The summed E-state index contributed by atoms with van der Waals surface area (Å²) in [5, 5.41) is 12.6. The first kappa shape index (κ1) is 22.4. The van der Waals surface area contributed by atoms with Gasteiger partial charge in [-0.3, -0.25) is 4.79 Å². The van der Waals surface area contributed by atoms with Crippen LogP contribution < -0.4 is 14.8 Å². The number of methoxy groups -OCH3 is 1. The Morgan fingerprint density at radius 1 is 1.22 bits per heavy atom. The third kappa shape index (κ3) is 5.17. The molecule has 2 heterocycles. The van der Waals surface area contributed by atoms with Gasteiger partial charge in [-0.25, -0.2) is 0 Å². The van der Waals surface area contributed by atoms with Crippen LogP contribution in [0, 0.1) is 0 Å². The molecule has 2 aromatic carbocycles. The van der Waals surface area contributed by atoms with Gasteiger partial charge < -0.3 is 24.1 Å². The van der Waals surface area contributed by atoms with Gasteiger partial charge in [-0.15, -0.1) is 10.2 Å². The number of ether oxygens (including phenoxy) is 3. The number of anilines is 1. The van der Waals surface area contributed by atoms with Gasteiger partial charge >= 0.3 is 0 Å². The van der Waals surface area contributed by atoms with Gasteiger partial charge in [0.1, 0.15) is 0 Å². The highest BCUT2D eigenvalue weighted by Crippen LogP contribution is 2.35. The average molecular weight is 475 g/mol. The van der Waals surface area contributed by atoms with Crippen molar-refractivity contribution in [1.29, 1.82) is 0 Å². The molecule has 1 aliphatic rings. The number of halogens is 1. The maximum Gasteiger partial charge on any atom is 0.237 e. The van der Waals surface area contributed by atoms with Crippen LogP contribution in [0.3, 0.4) is 0 Å². The van der Waals surface area contributed by atoms with E-state index in [1.54, 1.807) is 25.3 Å². The van der Waals surface area contributed by atoms with Crippen molar-refractivity contribution in [3.63, 3.8) is 0 Å². The van der Waals surface area contributed by atoms with Crippen molar-refractivity contribution in [2.24, 2.45) is 0 Å². The number of thioether (sulfide) groups is 1. The second kappa shape index (κ2) is 10.2. The van der Waals surface area contributed by atoms with Gasteiger partial charge in [-0.2, -0.15) is 0 Å². The van der Waals surface area contributed by atoms with Gasteiger partial charge in [0.2, 0.25) is 12.7 Å². The highest BCUT2D eigenvalue weighted by molar-refractivity contribution is 8.00. The quantitative estimate of drug-likeness (QED) is 0.361. The molecule has 1 aliphatic heterocycles. The molecule has 168 valence electrons. The monoisotopic (exact) mass is 474 g/mol. The van der Waals surface area contributed by atoms with Crippen LogP contribution in [0.25, 0.3) is 11.4 Å². The number of hydrogen-bond acceptors (Lipinski definition) is 7. The summed E-state index contributed by atoms with van der Waals surface area (Å²) in [5.41, 5.74) is 1.55. The van der Waals surface area contributed by atoms with Crippen LogP contribution in [-0.4, -0.2) is 46.4 Å². The molecule has 4 rings (SSSR count). The first-order valence-electron chi connectivity index (χ1n) is 10.1. The lowest BCUT2D eigenvalue weighted by Crippen LogP contribution is -2.23. The number of rotatable bonds is 9. The highest BCUT2D eigenvalue weighted by Gasteiger charge is 2.22. The van der Waals surface area contributed by atoms with Crippen molar-refractivity contribution >= 4 is 35.0 Å². The fourth-order valence-corrected chi connectivity index (χ4v) is 4.19. The Kier molecular flexibility index (Phi) is 7.19. The van der Waals surface area contributed by atoms with E-state index in [9.17, 15) is 4.79 Å². The minimum Gasteiger partial charge on any atom is -0.454 e. The summed E-state index contributed by atoms with van der Waals surface area (Å²) in [6.07, 6.45) is 0.792. The van der Waals surface area contributed by atoms with Crippen molar-refractivity contribution in [2.75, 3.05) is 25.8 Å². The van der Waals surface area contributed by atoms with E-state index >= 15 is 0 Å². The molecule has 0 bridgehead atoms. The molecule has 10 heteroatoms. The lowest BCUT2D eigenvalue weighted by molar-refractivity contribution is -0.115. The third-order valence-corrected chi connectivity index (χ3v) is 6.17. The maximum atomic E-state index is 12.8. The Morgan fingerprint density at radius 3 is 2.78 bits per heavy atom. The normalized spacial score (nSPS) is 13.2. The summed E-state index contributed by atoms with van der Waals surface area (Å²) in [5.74, 6) is 1.87. The zero-order chi connectivity index (χ0) is 22.5. The van der Waals surface area contributed by atoms with Crippen LogP contribution in [0.2, 0.25) is 5.02 Å². The van der Waals surface area contributed by atoms with Crippen LogP contribution in [0.4, 0.5) is 5.69 Å². The Bertz CT molecular complexity index is 1090. The van der Waals surface area contributed by atoms with Crippen LogP contribution >= 0.6 is 23.4 Å². The SMILES string of the molecule is COCCCn1c(SC(C)C(=O)Nc2ccc3c(c2)OCO3)nnc1-c1ccc(Cl)cc1. The smallest absolute Gasteiger partial charge is 0.237 e. The van der Waals surface area contributed by atoms with Crippen molar-refractivity contribution in [1.82, 2.24) is 14.8 Å².